The van der Waals surface area contributed by atoms with Gasteiger partial charge in [0.15, 0.2) is 0 Å². The number of rotatable bonds is 7. The molecule has 0 aromatic heterocycles. The zero-order valence-corrected chi connectivity index (χ0v) is 21.0. The molecule has 1 atom stereocenters. The minimum Gasteiger partial charge on any atom is -0.497 e. The lowest BCUT2D eigenvalue weighted by Crippen LogP contribution is -2.41. The number of urea groups is 1. The number of para-hydroxylation sites is 2. The van der Waals surface area contributed by atoms with Crippen LogP contribution in [0.4, 0.5) is 10.5 Å². The summed E-state index contributed by atoms with van der Waals surface area (Å²) in [5.74, 6) is 0.883. The highest BCUT2D eigenvalue weighted by Gasteiger charge is 2.35. The van der Waals surface area contributed by atoms with Crippen LogP contribution in [0.25, 0.3) is 0 Å². The predicted molar refractivity (Wildman–Crippen MR) is 140 cm³/mol. The molecule has 3 amide bonds. The summed E-state index contributed by atoms with van der Waals surface area (Å²) in [5, 5.41) is 9.41. The summed E-state index contributed by atoms with van der Waals surface area (Å²) >= 11 is 6.50. The molecular formula is C27H27ClN4O4. The molecule has 0 aliphatic carbocycles. The van der Waals surface area contributed by atoms with Crippen molar-refractivity contribution in [3.05, 3.63) is 88.9 Å². The Bertz CT molecular complexity index is 1300. The number of hydrogen-bond acceptors (Lipinski definition) is 5. The van der Waals surface area contributed by atoms with Crippen molar-refractivity contribution in [2.75, 3.05) is 33.1 Å². The zero-order valence-electron chi connectivity index (χ0n) is 20.3. The molecule has 1 unspecified atom stereocenters. The normalized spacial score (nSPS) is 14.7. The third kappa shape index (κ3) is 5.44. The van der Waals surface area contributed by atoms with Gasteiger partial charge in [-0.2, -0.15) is 5.10 Å². The van der Waals surface area contributed by atoms with E-state index in [1.54, 1.807) is 38.4 Å². The summed E-state index contributed by atoms with van der Waals surface area (Å²) in [6.45, 7) is -0.184. The van der Waals surface area contributed by atoms with E-state index < -0.39 is 12.1 Å². The monoisotopic (exact) mass is 506 g/mol. The van der Waals surface area contributed by atoms with Crippen LogP contribution in [0.15, 0.2) is 77.9 Å². The molecule has 1 N–H and O–H groups in total. The first kappa shape index (κ1) is 25.1. The van der Waals surface area contributed by atoms with Crippen LogP contribution in [0.3, 0.4) is 0 Å². The van der Waals surface area contributed by atoms with Crippen LogP contribution in [-0.2, 0) is 4.79 Å². The number of ether oxygens (including phenoxy) is 2. The first-order valence-corrected chi connectivity index (χ1v) is 11.7. The van der Waals surface area contributed by atoms with Gasteiger partial charge >= 0.3 is 6.03 Å². The number of anilines is 1. The lowest BCUT2D eigenvalue weighted by Gasteiger charge is -2.25. The Hall–Kier alpha value is -4.04. The zero-order chi connectivity index (χ0) is 25.7. The number of nitrogens with one attached hydrogen (secondary N) is 1. The summed E-state index contributed by atoms with van der Waals surface area (Å²) in [5.41, 5.74) is 2.88. The molecule has 36 heavy (non-hydrogen) atoms. The number of carbonyl (C=O) groups excluding carboxylic acids is 2. The molecule has 0 radical (unpaired) electrons. The van der Waals surface area contributed by atoms with Gasteiger partial charge in [0.25, 0.3) is 5.91 Å². The first-order chi connectivity index (χ1) is 17.4. The van der Waals surface area contributed by atoms with Gasteiger partial charge in [-0.15, -0.1) is 0 Å². The average molecular weight is 507 g/mol. The number of amides is 3. The Morgan fingerprint density at radius 3 is 2.56 bits per heavy atom. The Morgan fingerprint density at radius 2 is 1.81 bits per heavy atom. The lowest BCUT2D eigenvalue weighted by molar-refractivity contribution is -0.133. The smallest absolute Gasteiger partial charge is 0.322 e. The number of methoxy groups -OCH3 is 2. The molecule has 1 heterocycles. The van der Waals surface area contributed by atoms with Gasteiger partial charge in [-0.25, -0.2) is 9.80 Å². The van der Waals surface area contributed by atoms with Crippen molar-refractivity contribution in [1.29, 1.82) is 0 Å². The van der Waals surface area contributed by atoms with E-state index in [2.05, 4.69) is 10.4 Å². The van der Waals surface area contributed by atoms with Crippen molar-refractivity contribution in [2.24, 2.45) is 5.10 Å². The fourth-order valence-electron chi connectivity index (χ4n) is 4.01. The number of halogens is 1. The Balaban J connectivity index is 1.56. The third-order valence-electron chi connectivity index (χ3n) is 5.90. The average Bonchev–Trinajstić information content (AvgIpc) is 3.34. The van der Waals surface area contributed by atoms with E-state index >= 15 is 0 Å². The van der Waals surface area contributed by atoms with Crippen molar-refractivity contribution in [3.63, 3.8) is 0 Å². The largest absolute Gasteiger partial charge is 0.497 e. The van der Waals surface area contributed by atoms with E-state index in [9.17, 15) is 9.59 Å². The van der Waals surface area contributed by atoms with Crippen LogP contribution in [0.1, 0.15) is 23.6 Å². The van der Waals surface area contributed by atoms with Crippen molar-refractivity contribution in [1.82, 2.24) is 9.91 Å². The highest BCUT2D eigenvalue weighted by atomic mass is 35.5. The number of hydrazone groups is 1. The Morgan fingerprint density at radius 1 is 1.06 bits per heavy atom. The van der Waals surface area contributed by atoms with Gasteiger partial charge in [0.2, 0.25) is 0 Å². The van der Waals surface area contributed by atoms with Gasteiger partial charge in [0, 0.05) is 24.1 Å². The second-order valence-corrected chi connectivity index (χ2v) is 8.65. The number of benzene rings is 3. The van der Waals surface area contributed by atoms with Gasteiger partial charge in [0.05, 0.1) is 31.7 Å². The van der Waals surface area contributed by atoms with Crippen LogP contribution in [0, 0.1) is 0 Å². The maximum absolute atomic E-state index is 13.4. The van der Waals surface area contributed by atoms with Gasteiger partial charge in [0.1, 0.15) is 18.0 Å². The maximum Gasteiger partial charge on any atom is 0.322 e. The molecule has 9 heteroatoms. The molecule has 0 saturated heterocycles. The molecular weight excluding hydrogens is 480 g/mol. The van der Waals surface area contributed by atoms with Gasteiger partial charge < -0.3 is 19.7 Å². The van der Waals surface area contributed by atoms with Crippen molar-refractivity contribution in [3.8, 4) is 11.5 Å². The van der Waals surface area contributed by atoms with E-state index in [1.165, 1.54) is 17.0 Å². The molecule has 186 valence electrons. The number of likely N-dealkylation sites (N-methyl/N-ethyl adjacent to an activating group) is 1. The topological polar surface area (TPSA) is 83.5 Å². The van der Waals surface area contributed by atoms with Gasteiger partial charge in [-0.3, -0.25) is 4.79 Å². The van der Waals surface area contributed by atoms with Crippen molar-refractivity contribution < 1.29 is 19.1 Å². The number of hydrogen-bond donors (Lipinski definition) is 1. The highest BCUT2D eigenvalue weighted by molar-refractivity contribution is 6.31. The molecule has 0 spiro atoms. The van der Waals surface area contributed by atoms with Crippen LogP contribution < -0.4 is 14.8 Å². The maximum atomic E-state index is 13.4. The van der Waals surface area contributed by atoms with Gasteiger partial charge in [-0.1, -0.05) is 54.1 Å². The quantitative estimate of drug-likeness (QED) is 0.477. The van der Waals surface area contributed by atoms with Crippen LogP contribution in [-0.4, -0.2) is 55.4 Å². The van der Waals surface area contributed by atoms with E-state index in [0.717, 1.165) is 16.8 Å². The standard InChI is InChI=1S/C27H27ClN4O4/c1-31(27(34)29-22-13-6-7-14-25(22)36-3)17-26(33)32-24(20-11-4-5-12-21(20)28)16-23(30-32)18-9-8-10-19(15-18)35-2/h4-15,24H,16-17H2,1-3H3,(H,29,34). The summed E-state index contributed by atoms with van der Waals surface area (Å²) < 4.78 is 10.6. The second-order valence-electron chi connectivity index (χ2n) is 8.24. The van der Waals surface area contributed by atoms with E-state index in [0.29, 0.717) is 28.6 Å². The minimum atomic E-state index is -0.446. The fourth-order valence-corrected chi connectivity index (χ4v) is 4.27. The molecule has 8 nitrogen and oxygen atoms in total. The molecule has 3 aromatic rings. The molecule has 0 bridgehead atoms. The molecule has 1 aliphatic rings. The summed E-state index contributed by atoms with van der Waals surface area (Å²) in [6.07, 6.45) is 0.472. The highest BCUT2D eigenvalue weighted by Crippen LogP contribution is 2.36. The predicted octanol–water partition coefficient (Wildman–Crippen LogP) is 5.20. The molecule has 1 aliphatic heterocycles. The number of nitrogens with zero attached hydrogens (tertiary/aromatic N) is 3. The Kier molecular flexibility index (Phi) is 7.75. The van der Waals surface area contributed by atoms with Gasteiger partial charge in [-0.05, 0) is 35.9 Å². The van der Waals surface area contributed by atoms with E-state index in [-0.39, 0.29) is 12.5 Å². The second kappa shape index (κ2) is 11.1. The Labute approximate surface area is 215 Å². The van der Waals surface area contributed by atoms with Crippen LogP contribution in [0.5, 0.6) is 11.5 Å². The minimum absolute atomic E-state index is 0.184. The fraction of sp³-hybridized carbons (Fsp3) is 0.222. The van der Waals surface area contributed by atoms with Crippen molar-refractivity contribution >= 4 is 34.9 Å². The summed E-state index contributed by atoms with van der Waals surface area (Å²) in [4.78, 5) is 27.5. The van der Waals surface area contributed by atoms with E-state index in [4.69, 9.17) is 21.1 Å². The lowest BCUT2D eigenvalue weighted by atomic mass is 9.98. The van der Waals surface area contributed by atoms with Crippen LogP contribution >= 0.6 is 11.6 Å². The number of carbonyl (C=O) groups is 2. The van der Waals surface area contributed by atoms with Crippen molar-refractivity contribution in [2.45, 2.75) is 12.5 Å². The van der Waals surface area contributed by atoms with E-state index in [1.807, 2.05) is 48.5 Å². The third-order valence-corrected chi connectivity index (χ3v) is 6.24. The molecule has 0 fully saturated rings. The molecule has 0 saturated carbocycles. The molecule has 3 aromatic carbocycles. The SMILES string of the molecule is COc1cccc(C2=NN(C(=O)CN(C)C(=O)Nc3ccccc3OC)C(c3ccccc3Cl)C2)c1. The molecule has 4 rings (SSSR count). The van der Waals surface area contributed by atoms with Crippen LogP contribution in [0.2, 0.25) is 5.02 Å². The summed E-state index contributed by atoms with van der Waals surface area (Å²) in [7, 11) is 4.68. The first-order valence-electron chi connectivity index (χ1n) is 11.3. The summed E-state index contributed by atoms with van der Waals surface area (Å²) in [6, 6.07) is 21.1.